The average Bonchev–Trinajstić information content (AvgIpc) is 2.40. The zero-order valence-electron chi connectivity index (χ0n) is 11.8. The Morgan fingerprint density at radius 1 is 1.13 bits per heavy atom. The van der Waals surface area contributed by atoms with Crippen LogP contribution in [-0.2, 0) is 6.54 Å². The van der Waals surface area contributed by atoms with Crippen molar-refractivity contribution in [3.8, 4) is 5.75 Å². The summed E-state index contributed by atoms with van der Waals surface area (Å²) < 4.78 is 81.0. The minimum Gasteiger partial charge on any atom is -0.405 e. The molecule has 0 amide bonds. The molecule has 1 unspecified atom stereocenters. The predicted octanol–water partition coefficient (Wildman–Crippen LogP) is 5.26. The van der Waals surface area contributed by atoms with E-state index in [1.165, 1.54) is 12.1 Å². The number of ether oxygens (including phenoxy) is 1. The Hall–Kier alpha value is -0.960. The Morgan fingerprint density at radius 2 is 1.83 bits per heavy atom. The summed E-state index contributed by atoms with van der Waals surface area (Å²) in [5.41, 5.74) is 0.0628. The molecule has 9 heteroatoms. The van der Waals surface area contributed by atoms with E-state index in [0.29, 0.717) is 17.3 Å². The van der Waals surface area contributed by atoms with Gasteiger partial charge >= 0.3 is 12.5 Å². The molecule has 0 saturated carbocycles. The second-order valence-corrected chi connectivity index (χ2v) is 6.24. The molecule has 2 nitrogen and oxygen atoms in total. The number of benzene rings is 1. The van der Waals surface area contributed by atoms with E-state index in [9.17, 15) is 26.3 Å². The monoisotopic (exact) mass is 405 g/mol. The molecule has 1 aromatic carbocycles. The van der Waals surface area contributed by atoms with E-state index in [-0.39, 0.29) is 25.1 Å². The summed E-state index contributed by atoms with van der Waals surface area (Å²) in [6.45, 7) is -0.0722. The van der Waals surface area contributed by atoms with Crippen LogP contribution in [0.25, 0.3) is 0 Å². The summed E-state index contributed by atoms with van der Waals surface area (Å²) in [5.74, 6) is -0.479. The average molecular weight is 406 g/mol. The highest BCUT2D eigenvalue weighted by molar-refractivity contribution is 9.10. The van der Waals surface area contributed by atoms with E-state index >= 15 is 0 Å². The number of alkyl halides is 6. The molecule has 0 aliphatic carbocycles. The van der Waals surface area contributed by atoms with Gasteiger partial charge in [0, 0.05) is 16.6 Å². The Balaban J connectivity index is 2.25. The van der Waals surface area contributed by atoms with Gasteiger partial charge in [-0.1, -0.05) is 22.4 Å². The molecule has 0 radical (unpaired) electrons. The molecule has 0 N–H and O–H groups in total. The zero-order chi connectivity index (χ0) is 17.3. The lowest BCUT2D eigenvalue weighted by molar-refractivity contribution is -0.275. The summed E-state index contributed by atoms with van der Waals surface area (Å²) in [6, 6.07) is 2.15. The molecule has 2 rings (SSSR count). The summed E-state index contributed by atoms with van der Waals surface area (Å²) in [5, 5.41) is 0. The van der Waals surface area contributed by atoms with Crippen LogP contribution in [0.15, 0.2) is 22.7 Å². The predicted molar refractivity (Wildman–Crippen MR) is 74.9 cm³/mol. The molecule has 1 atom stereocenters. The van der Waals surface area contributed by atoms with Gasteiger partial charge in [-0.15, -0.1) is 13.2 Å². The maximum Gasteiger partial charge on any atom is 0.573 e. The molecule has 1 fully saturated rings. The van der Waals surface area contributed by atoms with Gasteiger partial charge in [0.1, 0.15) is 11.8 Å². The minimum absolute atomic E-state index is 0.0486. The first kappa shape index (κ1) is 18.4. The van der Waals surface area contributed by atoms with Crippen LogP contribution in [0.3, 0.4) is 0 Å². The van der Waals surface area contributed by atoms with Crippen molar-refractivity contribution >= 4 is 15.9 Å². The van der Waals surface area contributed by atoms with E-state index in [1.807, 2.05) is 0 Å². The van der Waals surface area contributed by atoms with Crippen molar-refractivity contribution in [2.45, 2.75) is 44.4 Å². The molecule has 1 aromatic rings. The fourth-order valence-corrected chi connectivity index (χ4v) is 3.07. The van der Waals surface area contributed by atoms with Crippen molar-refractivity contribution < 1.29 is 31.1 Å². The first-order chi connectivity index (χ1) is 10.6. The first-order valence-electron chi connectivity index (χ1n) is 6.91. The van der Waals surface area contributed by atoms with Gasteiger partial charge in [0.15, 0.2) is 0 Å². The van der Waals surface area contributed by atoms with Crippen molar-refractivity contribution in [1.82, 2.24) is 4.90 Å². The third-order valence-electron chi connectivity index (χ3n) is 3.61. The molecule has 0 aromatic heterocycles. The van der Waals surface area contributed by atoms with Crippen molar-refractivity contribution in [2.24, 2.45) is 0 Å². The molecule has 1 aliphatic rings. The normalized spacial score (nSPS) is 20.6. The second kappa shape index (κ2) is 6.88. The summed E-state index contributed by atoms with van der Waals surface area (Å²) in [4.78, 5) is 1.16. The van der Waals surface area contributed by atoms with E-state index in [4.69, 9.17) is 0 Å². The van der Waals surface area contributed by atoms with Crippen LogP contribution < -0.4 is 4.74 Å². The number of piperidine rings is 1. The Morgan fingerprint density at radius 3 is 2.43 bits per heavy atom. The van der Waals surface area contributed by atoms with Gasteiger partial charge in [-0.3, -0.25) is 4.90 Å². The SMILES string of the molecule is FC(F)(F)Oc1ccc(Br)cc1CN1CCCCC1C(F)(F)F. The van der Waals surface area contributed by atoms with E-state index < -0.39 is 24.3 Å². The fourth-order valence-electron chi connectivity index (χ4n) is 2.67. The first-order valence-corrected chi connectivity index (χ1v) is 7.70. The van der Waals surface area contributed by atoms with Crippen molar-refractivity contribution in [3.63, 3.8) is 0 Å². The van der Waals surface area contributed by atoms with Crippen LogP contribution >= 0.6 is 15.9 Å². The molecule has 1 saturated heterocycles. The fraction of sp³-hybridized carbons (Fsp3) is 0.571. The van der Waals surface area contributed by atoms with Crippen LogP contribution in [-0.4, -0.2) is 30.0 Å². The van der Waals surface area contributed by atoms with Gasteiger partial charge in [0.2, 0.25) is 0 Å². The van der Waals surface area contributed by atoms with E-state index in [2.05, 4.69) is 20.7 Å². The highest BCUT2D eigenvalue weighted by Gasteiger charge is 2.44. The summed E-state index contributed by atoms with van der Waals surface area (Å²) >= 11 is 3.12. The van der Waals surface area contributed by atoms with Gasteiger partial charge < -0.3 is 4.74 Å². The number of likely N-dealkylation sites (tertiary alicyclic amines) is 1. The lowest BCUT2D eigenvalue weighted by atomic mass is 10.0. The smallest absolute Gasteiger partial charge is 0.405 e. The number of hydrogen-bond donors (Lipinski definition) is 0. The highest BCUT2D eigenvalue weighted by atomic mass is 79.9. The zero-order valence-corrected chi connectivity index (χ0v) is 13.4. The lowest BCUT2D eigenvalue weighted by Crippen LogP contribution is -2.48. The second-order valence-electron chi connectivity index (χ2n) is 5.32. The van der Waals surface area contributed by atoms with Crippen LogP contribution in [0.2, 0.25) is 0 Å². The van der Waals surface area contributed by atoms with Crippen molar-refractivity contribution in [1.29, 1.82) is 0 Å². The molecule has 130 valence electrons. The van der Waals surface area contributed by atoms with Crippen molar-refractivity contribution in [2.75, 3.05) is 6.54 Å². The number of halogens is 7. The largest absolute Gasteiger partial charge is 0.573 e. The molecule has 1 aliphatic heterocycles. The molecular weight excluding hydrogens is 392 g/mol. The quantitative estimate of drug-likeness (QED) is 0.635. The highest BCUT2D eigenvalue weighted by Crippen LogP contribution is 2.35. The van der Waals surface area contributed by atoms with Gasteiger partial charge in [-0.05, 0) is 37.6 Å². The summed E-state index contributed by atoms with van der Waals surface area (Å²) in [6.07, 6.45) is -8.32. The topological polar surface area (TPSA) is 12.5 Å². The number of rotatable bonds is 3. The maximum absolute atomic E-state index is 13.1. The van der Waals surface area contributed by atoms with Gasteiger partial charge in [0.25, 0.3) is 0 Å². The number of nitrogens with zero attached hydrogens (tertiary/aromatic N) is 1. The Bertz CT molecular complexity index is 545. The van der Waals surface area contributed by atoms with Gasteiger partial charge in [0.05, 0.1) is 0 Å². The molecule has 0 bridgehead atoms. The minimum atomic E-state index is -4.89. The standard InChI is InChI=1S/C14H14BrF6NO/c15-10-4-5-11(23-14(19,20)21)9(7-10)8-22-6-2-1-3-12(22)13(16,17)18/h4-5,7,12H,1-3,6,8H2. The Labute approximate surface area is 137 Å². The van der Waals surface area contributed by atoms with E-state index in [1.54, 1.807) is 0 Å². The third kappa shape index (κ3) is 5.27. The Kier molecular flexibility index (Phi) is 5.50. The molecule has 1 heterocycles. The third-order valence-corrected chi connectivity index (χ3v) is 4.11. The molecule has 0 spiro atoms. The summed E-state index contributed by atoms with van der Waals surface area (Å²) in [7, 11) is 0. The van der Waals surface area contributed by atoms with Gasteiger partial charge in [-0.25, -0.2) is 0 Å². The lowest BCUT2D eigenvalue weighted by Gasteiger charge is -2.37. The van der Waals surface area contributed by atoms with Crippen LogP contribution in [0.1, 0.15) is 24.8 Å². The number of hydrogen-bond acceptors (Lipinski definition) is 2. The van der Waals surface area contributed by atoms with Gasteiger partial charge in [-0.2, -0.15) is 13.2 Å². The van der Waals surface area contributed by atoms with Crippen LogP contribution in [0.4, 0.5) is 26.3 Å². The van der Waals surface area contributed by atoms with Crippen LogP contribution in [0.5, 0.6) is 5.75 Å². The van der Waals surface area contributed by atoms with E-state index in [0.717, 1.165) is 11.0 Å². The maximum atomic E-state index is 13.1. The van der Waals surface area contributed by atoms with Crippen molar-refractivity contribution in [3.05, 3.63) is 28.2 Å². The molecule has 23 heavy (non-hydrogen) atoms. The molecular formula is C14H14BrF6NO. The van der Waals surface area contributed by atoms with Crippen LogP contribution in [0, 0.1) is 0 Å².